The summed E-state index contributed by atoms with van der Waals surface area (Å²) >= 11 is 1.32. The predicted molar refractivity (Wildman–Crippen MR) is 74.5 cm³/mol. The van der Waals surface area contributed by atoms with E-state index in [-0.39, 0.29) is 5.82 Å². The molecule has 0 aromatic carbocycles. The Morgan fingerprint density at radius 2 is 2.14 bits per heavy atom. The summed E-state index contributed by atoms with van der Waals surface area (Å²) in [6.45, 7) is -0.396. The van der Waals surface area contributed by atoms with E-state index < -0.39 is 31.1 Å². The molecular weight excluding hydrogens is 298 g/mol. The average molecular weight is 313 g/mol. The van der Waals surface area contributed by atoms with E-state index >= 15 is 0 Å². The highest BCUT2D eigenvalue weighted by molar-refractivity contribution is 7.98. The molecule has 0 spiro atoms. The second-order valence-electron chi connectivity index (χ2n) is 4.63. The Morgan fingerprint density at radius 1 is 1.38 bits per heavy atom. The van der Waals surface area contributed by atoms with Crippen LogP contribution in [0.5, 0.6) is 0 Å². The van der Waals surface area contributed by atoms with Crippen LogP contribution in [-0.4, -0.2) is 66.0 Å². The molecular formula is C11H15N5O4S. The van der Waals surface area contributed by atoms with E-state index in [0.717, 1.165) is 0 Å². The molecule has 0 amide bonds. The van der Waals surface area contributed by atoms with Crippen molar-refractivity contribution in [2.75, 3.05) is 18.6 Å². The lowest BCUT2D eigenvalue weighted by atomic mass is 10.1. The van der Waals surface area contributed by atoms with Crippen molar-refractivity contribution >= 4 is 28.7 Å². The molecule has 2 unspecified atom stereocenters. The maximum atomic E-state index is 10.2. The fraction of sp³-hybridized carbons (Fsp3) is 0.545. The zero-order valence-electron chi connectivity index (χ0n) is 11.1. The summed E-state index contributed by atoms with van der Waals surface area (Å²) in [5.74, 6) is 0.223. The lowest BCUT2D eigenvalue weighted by molar-refractivity contribution is -0.0548. The number of fused-ring (bicyclic) bond motifs is 1. The fourth-order valence-electron chi connectivity index (χ4n) is 2.37. The lowest BCUT2D eigenvalue weighted by Gasteiger charge is -2.18. The molecule has 1 aliphatic heterocycles. The molecule has 0 aliphatic carbocycles. The molecule has 1 saturated heterocycles. The van der Waals surface area contributed by atoms with Gasteiger partial charge in [0.05, 0.1) is 6.61 Å². The number of nitrogen functional groups attached to an aromatic ring is 1. The first-order valence-electron chi connectivity index (χ1n) is 6.23. The van der Waals surface area contributed by atoms with Gasteiger partial charge in [-0.1, -0.05) is 11.8 Å². The van der Waals surface area contributed by atoms with E-state index in [1.54, 1.807) is 4.57 Å². The van der Waals surface area contributed by atoms with Crippen LogP contribution in [0.4, 0.5) is 5.82 Å². The van der Waals surface area contributed by atoms with E-state index in [1.807, 2.05) is 6.26 Å². The molecule has 0 saturated carbocycles. The average Bonchev–Trinajstić information content (AvgIpc) is 2.99. The first-order chi connectivity index (χ1) is 10.1. The Hall–Kier alpha value is -1.46. The van der Waals surface area contributed by atoms with Gasteiger partial charge in [-0.25, -0.2) is 15.0 Å². The van der Waals surface area contributed by atoms with Crippen LogP contribution in [0.2, 0.25) is 0 Å². The zero-order chi connectivity index (χ0) is 15.1. The Labute approximate surface area is 123 Å². The number of thioether (sulfide) groups is 1. The van der Waals surface area contributed by atoms with Crippen molar-refractivity contribution in [1.29, 1.82) is 0 Å². The molecule has 10 heteroatoms. The number of aliphatic hydroxyl groups is 3. The minimum absolute atomic E-state index is 0.223. The largest absolute Gasteiger partial charge is 0.394 e. The summed E-state index contributed by atoms with van der Waals surface area (Å²) in [5.41, 5.74) is 6.59. The van der Waals surface area contributed by atoms with Crippen molar-refractivity contribution in [3.8, 4) is 0 Å². The lowest BCUT2D eigenvalue weighted by Crippen LogP contribution is -2.33. The molecule has 21 heavy (non-hydrogen) atoms. The molecule has 1 fully saturated rings. The second-order valence-corrected chi connectivity index (χ2v) is 5.40. The Morgan fingerprint density at radius 3 is 2.76 bits per heavy atom. The zero-order valence-corrected chi connectivity index (χ0v) is 11.9. The van der Waals surface area contributed by atoms with Gasteiger partial charge in [-0.15, -0.1) is 0 Å². The Balaban J connectivity index is 2.14. The highest BCUT2D eigenvalue weighted by atomic mass is 32.2. The van der Waals surface area contributed by atoms with Crippen molar-refractivity contribution in [3.63, 3.8) is 0 Å². The van der Waals surface area contributed by atoms with E-state index in [2.05, 4.69) is 15.0 Å². The van der Waals surface area contributed by atoms with Crippen LogP contribution in [0.15, 0.2) is 11.5 Å². The first-order valence-corrected chi connectivity index (χ1v) is 7.45. The van der Waals surface area contributed by atoms with Crippen LogP contribution in [0.25, 0.3) is 11.2 Å². The van der Waals surface area contributed by atoms with Gasteiger partial charge in [0, 0.05) is 0 Å². The van der Waals surface area contributed by atoms with Crippen LogP contribution in [0.1, 0.15) is 6.23 Å². The van der Waals surface area contributed by atoms with Crippen LogP contribution < -0.4 is 5.73 Å². The fourth-order valence-corrected chi connectivity index (χ4v) is 2.94. The summed E-state index contributed by atoms with van der Waals surface area (Å²) in [6.07, 6.45) is -1.06. The smallest absolute Gasteiger partial charge is 0.172 e. The van der Waals surface area contributed by atoms with Gasteiger partial charge in [-0.3, -0.25) is 4.57 Å². The van der Waals surface area contributed by atoms with Gasteiger partial charge in [-0.05, 0) is 6.26 Å². The molecule has 0 bridgehead atoms. The highest BCUT2D eigenvalue weighted by Crippen LogP contribution is 2.35. The predicted octanol–water partition coefficient (Wildman–Crippen LogP) is -1.26. The van der Waals surface area contributed by atoms with Gasteiger partial charge < -0.3 is 25.8 Å². The molecule has 3 heterocycles. The van der Waals surface area contributed by atoms with Gasteiger partial charge in [0.2, 0.25) is 0 Å². The maximum Gasteiger partial charge on any atom is 0.172 e. The van der Waals surface area contributed by atoms with Gasteiger partial charge in [0.15, 0.2) is 28.4 Å². The van der Waals surface area contributed by atoms with Crippen LogP contribution in [0.3, 0.4) is 0 Å². The second kappa shape index (κ2) is 5.39. The van der Waals surface area contributed by atoms with Crippen molar-refractivity contribution in [1.82, 2.24) is 19.5 Å². The number of imidazole rings is 1. The van der Waals surface area contributed by atoms with E-state index in [0.29, 0.717) is 16.3 Å². The summed E-state index contributed by atoms with van der Waals surface area (Å²) in [7, 11) is 0. The van der Waals surface area contributed by atoms with Crippen LogP contribution in [0, 0.1) is 0 Å². The minimum Gasteiger partial charge on any atom is -0.394 e. The number of rotatable bonds is 3. The van der Waals surface area contributed by atoms with Crippen molar-refractivity contribution < 1.29 is 20.1 Å². The molecule has 2 aromatic rings. The molecule has 4 atom stereocenters. The highest BCUT2D eigenvalue weighted by Gasteiger charge is 2.44. The van der Waals surface area contributed by atoms with Gasteiger partial charge in [0.25, 0.3) is 0 Å². The first kappa shape index (κ1) is 14.5. The number of hydrogen-bond acceptors (Lipinski definition) is 9. The van der Waals surface area contributed by atoms with Gasteiger partial charge >= 0.3 is 0 Å². The number of aromatic nitrogens is 4. The summed E-state index contributed by atoms with van der Waals surface area (Å²) in [4.78, 5) is 12.3. The standard InChI is InChI=1S/C11H15N5O4S/c1-21-11-15-5-8(12)13-3-14-9(5)16(11)10-7(19)6(18)4(2-17)20-10/h3-4,6-7,10,17-19H,2H2,1H3,(H2,12,13,14)/t4-,6?,7?,10-/m1/s1. The molecule has 2 aromatic heterocycles. The van der Waals surface area contributed by atoms with Crippen LogP contribution in [-0.2, 0) is 4.74 Å². The normalized spacial score (nSPS) is 29.3. The number of anilines is 1. The maximum absolute atomic E-state index is 10.2. The quantitative estimate of drug-likeness (QED) is 0.511. The minimum atomic E-state index is -1.21. The molecule has 5 N–H and O–H groups in total. The monoisotopic (exact) mass is 313 g/mol. The third kappa shape index (κ3) is 2.15. The molecule has 0 radical (unpaired) electrons. The third-order valence-electron chi connectivity index (χ3n) is 3.43. The molecule has 9 nitrogen and oxygen atoms in total. The summed E-state index contributed by atoms with van der Waals surface area (Å²) in [6, 6.07) is 0. The topological polar surface area (TPSA) is 140 Å². The van der Waals surface area contributed by atoms with Crippen LogP contribution >= 0.6 is 11.8 Å². The number of aliphatic hydroxyl groups excluding tert-OH is 3. The third-order valence-corrected chi connectivity index (χ3v) is 4.08. The van der Waals surface area contributed by atoms with Crippen molar-refractivity contribution in [3.05, 3.63) is 6.33 Å². The van der Waals surface area contributed by atoms with Crippen molar-refractivity contribution in [2.45, 2.75) is 29.7 Å². The molecule has 3 rings (SSSR count). The van der Waals surface area contributed by atoms with Crippen molar-refractivity contribution in [2.24, 2.45) is 0 Å². The van der Waals surface area contributed by atoms with Gasteiger partial charge in [0.1, 0.15) is 24.6 Å². The number of nitrogens with zero attached hydrogens (tertiary/aromatic N) is 4. The van der Waals surface area contributed by atoms with E-state index in [1.165, 1.54) is 18.1 Å². The number of ether oxygens (including phenoxy) is 1. The van der Waals surface area contributed by atoms with E-state index in [9.17, 15) is 15.3 Å². The number of hydrogen-bond donors (Lipinski definition) is 4. The van der Waals surface area contributed by atoms with E-state index in [4.69, 9.17) is 10.5 Å². The van der Waals surface area contributed by atoms with Gasteiger partial charge in [-0.2, -0.15) is 0 Å². The molecule has 114 valence electrons. The summed E-state index contributed by atoms with van der Waals surface area (Å²) < 4.78 is 7.09. The SMILES string of the molecule is CSc1nc2c(N)ncnc2n1[C@@H]1O[C@H](CO)C(O)C1O. The molecule has 1 aliphatic rings. The summed E-state index contributed by atoms with van der Waals surface area (Å²) in [5, 5.41) is 29.7. The number of nitrogens with two attached hydrogens (primary N) is 1. The Kier molecular flexibility index (Phi) is 3.71. The Bertz CT molecular complexity index is 665.